The third-order valence-corrected chi connectivity index (χ3v) is 3.06. The van der Waals surface area contributed by atoms with Gasteiger partial charge in [0.05, 0.1) is 5.56 Å². The minimum Gasteiger partial charge on any atom is -0.166 e. The third-order valence-electron chi connectivity index (χ3n) is 2.16. The van der Waals surface area contributed by atoms with Gasteiger partial charge in [-0.15, -0.1) is 0 Å². The standard InChI is InChI=1S/C11H6F3I/c12-11(13,14)10-8-4-2-1-3-7(8)5-6-9(10)15/h1-6H. The van der Waals surface area contributed by atoms with E-state index in [2.05, 4.69) is 0 Å². The smallest absolute Gasteiger partial charge is 0.166 e. The number of benzene rings is 2. The molecule has 0 bridgehead atoms. The number of alkyl halides is 3. The molecule has 4 heteroatoms. The van der Waals surface area contributed by atoms with Gasteiger partial charge in [-0.2, -0.15) is 13.2 Å². The second-order valence-corrected chi connectivity index (χ2v) is 4.30. The van der Waals surface area contributed by atoms with E-state index in [-0.39, 0.29) is 8.96 Å². The largest absolute Gasteiger partial charge is 0.418 e. The quantitative estimate of drug-likeness (QED) is 0.628. The first-order valence-electron chi connectivity index (χ1n) is 4.24. The summed E-state index contributed by atoms with van der Waals surface area (Å²) in [4.78, 5) is 0. The molecule has 0 unspecified atom stereocenters. The number of fused-ring (bicyclic) bond motifs is 1. The van der Waals surface area contributed by atoms with Crippen molar-refractivity contribution in [2.24, 2.45) is 0 Å². The highest BCUT2D eigenvalue weighted by Gasteiger charge is 2.34. The highest BCUT2D eigenvalue weighted by atomic mass is 127. The Kier molecular flexibility index (Phi) is 2.62. The summed E-state index contributed by atoms with van der Waals surface area (Å²) in [5, 5.41) is 0.877. The molecule has 0 saturated heterocycles. The monoisotopic (exact) mass is 322 g/mol. The molecule has 0 radical (unpaired) electrons. The first-order chi connectivity index (χ1) is 7.00. The zero-order valence-electron chi connectivity index (χ0n) is 7.48. The van der Waals surface area contributed by atoms with Gasteiger partial charge in [0, 0.05) is 3.57 Å². The Morgan fingerprint density at radius 2 is 1.60 bits per heavy atom. The van der Waals surface area contributed by atoms with Crippen molar-refractivity contribution in [3.63, 3.8) is 0 Å². The van der Waals surface area contributed by atoms with Crippen molar-refractivity contribution >= 4 is 33.4 Å². The number of hydrogen-bond acceptors (Lipinski definition) is 0. The Morgan fingerprint density at radius 3 is 2.27 bits per heavy atom. The van der Waals surface area contributed by atoms with Gasteiger partial charge in [-0.05, 0) is 39.4 Å². The normalized spacial score (nSPS) is 12.0. The lowest BCUT2D eigenvalue weighted by Gasteiger charge is -2.12. The summed E-state index contributed by atoms with van der Waals surface area (Å²) in [6.45, 7) is 0. The SMILES string of the molecule is FC(F)(F)c1c(I)ccc2ccccc12. The predicted octanol–water partition coefficient (Wildman–Crippen LogP) is 4.46. The molecule has 0 heterocycles. The van der Waals surface area contributed by atoms with Crippen LogP contribution in [0.2, 0.25) is 0 Å². The van der Waals surface area contributed by atoms with Crippen LogP contribution in [0.1, 0.15) is 5.56 Å². The fourth-order valence-electron chi connectivity index (χ4n) is 1.53. The van der Waals surface area contributed by atoms with Crippen molar-refractivity contribution in [1.29, 1.82) is 0 Å². The van der Waals surface area contributed by atoms with Gasteiger partial charge >= 0.3 is 6.18 Å². The van der Waals surface area contributed by atoms with Crippen LogP contribution in [0, 0.1) is 3.57 Å². The Labute approximate surface area is 98.2 Å². The molecule has 0 aliphatic heterocycles. The van der Waals surface area contributed by atoms with Crippen molar-refractivity contribution in [3.8, 4) is 0 Å². The number of rotatable bonds is 0. The average Bonchev–Trinajstić information content (AvgIpc) is 2.15. The van der Waals surface area contributed by atoms with Gasteiger partial charge < -0.3 is 0 Å². The molecule has 15 heavy (non-hydrogen) atoms. The van der Waals surface area contributed by atoms with Crippen molar-refractivity contribution in [3.05, 3.63) is 45.5 Å². The van der Waals surface area contributed by atoms with E-state index >= 15 is 0 Å². The molecule has 0 aromatic heterocycles. The van der Waals surface area contributed by atoms with Crippen molar-refractivity contribution in [2.45, 2.75) is 6.18 Å². The molecule has 0 fully saturated rings. The zero-order chi connectivity index (χ0) is 11.1. The Bertz CT molecular complexity index is 503. The maximum atomic E-state index is 12.8. The molecule has 0 atom stereocenters. The molecule has 2 rings (SSSR count). The summed E-state index contributed by atoms with van der Waals surface area (Å²) in [5.74, 6) is 0. The molecule has 0 N–H and O–H groups in total. The van der Waals surface area contributed by atoms with Gasteiger partial charge in [0.15, 0.2) is 0 Å². The molecular formula is C11H6F3I. The van der Waals surface area contributed by atoms with E-state index in [4.69, 9.17) is 0 Å². The van der Waals surface area contributed by atoms with Gasteiger partial charge in [0.2, 0.25) is 0 Å². The first kappa shape index (κ1) is 10.7. The van der Waals surface area contributed by atoms with Gasteiger partial charge in [-0.1, -0.05) is 30.3 Å². The fourth-order valence-corrected chi connectivity index (χ4v) is 2.31. The highest BCUT2D eigenvalue weighted by Crippen LogP contribution is 2.37. The summed E-state index contributed by atoms with van der Waals surface area (Å²) >= 11 is 1.71. The van der Waals surface area contributed by atoms with Crippen LogP contribution in [0.5, 0.6) is 0 Å². The molecular weight excluding hydrogens is 316 g/mol. The lowest BCUT2D eigenvalue weighted by Crippen LogP contribution is -2.08. The van der Waals surface area contributed by atoms with Gasteiger partial charge in [-0.25, -0.2) is 0 Å². The van der Waals surface area contributed by atoms with E-state index in [1.165, 1.54) is 12.1 Å². The van der Waals surface area contributed by atoms with Crippen LogP contribution < -0.4 is 0 Å². The van der Waals surface area contributed by atoms with E-state index in [9.17, 15) is 13.2 Å². The van der Waals surface area contributed by atoms with Gasteiger partial charge in [0.1, 0.15) is 0 Å². The zero-order valence-corrected chi connectivity index (χ0v) is 9.63. The van der Waals surface area contributed by atoms with Crippen LogP contribution >= 0.6 is 22.6 Å². The van der Waals surface area contributed by atoms with E-state index in [1.54, 1.807) is 46.9 Å². The molecule has 0 saturated carbocycles. The topological polar surface area (TPSA) is 0 Å². The van der Waals surface area contributed by atoms with Crippen LogP contribution in [0.4, 0.5) is 13.2 Å². The Balaban J connectivity index is 2.86. The minimum atomic E-state index is -4.29. The summed E-state index contributed by atoms with van der Waals surface area (Å²) < 4.78 is 38.6. The lowest BCUT2D eigenvalue weighted by atomic mass is 10.0. The predicted molar refractivity (Wildman–Crippen MR) is 61.7 cm³/mol. The molecule has 0 spiro atoms. The summed E-state index contributed by atoms with van der Waals surface area (Å²) in [6, 6.07) is 9.72. The van der Waals surface area contributed by atoms with Crippen molar-refractivity contribution in [1.82, 2.24) is 0 Å². The van der Waals surface area contributed by atoms with E-state index in [0.29, 0.717) is 5.39 Å². The Hall–Kier alpha value is -0.780. The first-order valence-corrected chi connectivity index (χ1v) is 5.32. The second-order valence-electron chi connectivity index (χ2n) is 3.14. The van der Waals surface area contributed by atoms with E-state index < -0.39 is 11.7 Å². The van der Waals surface area contributed by atoms with Crippen LogP contribution in [-0.2, 0) is 6.18 Å². The van der Waals surface area contributed by atoms with Crippen molar-refractivity contribution < 1.29 is 13.2 Å². The Morgan fingerprint density at radius 1 is 0.933 bits per heavy atom. The molecule has 0 aliphatic rings. The maximum Gasteiger partial charge on any atom is 0.418 e. The van der Waals surface area contributed by atoms with Crippen LogP contribution in [0.3, 0.4) is 0 Å². The van der Waals surface area contributed by atoms with Crippen molar-refractivity contribution in [2.75, 3.05) is 0 Å². The van der Waals surface area contributed by atoms with Gasteiger partial charge in [-0.3, -0.25) is 0 Å². The highest BCUT2D eigenvalue weighted by molar-refractivity contribution is 14.1. The molecule has 2 aromatic rings. The lowest BCUT2D eigenvalue weighted by molar-refractivity contribution is -0.136. The molecule has 2 aromatic carbocycles. The van der Waals surface area contributed by atoms with E-state index in [1.807, 2.05) is 0 Å². The molecule has 78 valence electrons. The molecule has 0 aliphatic carbocycles. The van der Waals surface area contributed by atoms with Crippen LogP contribution in [-0.4, -0.2) is 0 Å². The van der Waals surface area contributed by atoms with Gasteiger partial charge in [0.25, 0.3) is 0 Å². The summed E-state index contributed by atoms with van der Waals surface area (Å²) in [7, 11) is 0. The molecule has 0 amide bonds. The number of hydrogen-bond donors (Lipinski definition) is 0. The average molecular weight is 322 g/mol. The van der Waals surface area contributed by atoms with Crippen LogP contribution in [0.25, 0.3) is 10.8 Å². The minimum absolute atomic E-state index is 0.235. The van der Waals surface area contributed by atoms with E-state index in [0.717, 1.165) is 0 Å². The van der Waals surface area contributed by atoms with Crippen LogP contribution in [0.15, 0.2) is 36.4 Å². The molecule has 0 nitrogen and oxygen atoms in total. The summed E-state index contributed by atoms with van der Waals surface area (Å²) in [6.07, 6.45) is -4.29. The number of halogens is 4. The summed E-state index contributed by atoms with van der Waals surface area (Å²) in [5.41, 5.74) is -0.541. The fraction of sp³-hybridized carbons (Fsp3) is 0.0909. The second kappa shape index (κ2) is 3.66. The third kappa shape index (κ3) is 1.95. The maximum absolute atomic E-state index is 12.8.